The third kappa shape index (κ3) is 2.60. The zero-order valence-electron chi connectivity index (χ0n) is 11.1. The Kier molecular flexibility index (Phi) is 3.97. The highest BCUT2D eigenvalue weighted by atomic mass is 32.1. The number of likely N-dealkylation sites (tertiary alicyclic amines) is 1. The molecule has 0 amide bonds. The van der Waals surface area contributed by atoms with Crippen LogP contribution in [0, 0.1) is 5.92 Å². The van der Waals surface area contributed by atoms with Crippen molar-refractivity contribution in [1.82, 2.24) is 15.2 Å². The first kappa shape index (κ1) is 12.6. The van der Waals surface area contributed by atoms with Crippen LogP contribution in [0.15, 0.2) is 10.9 Å². The molecular weight excluding hydrogens is 242 g/mol. The van der Waals surface area contributed by atoms with E-state index < -0.39 is 0 Å². The van der Waals surface area contributed by atoms with Gasteiger partial charge in [0.25, 0.3) is 0 Å². The summed E-state index contributed by atoms with van der Waals surface area (Å²) in [6.45, 7) is 2.39. The lowest BCUT2D eigenvalue weighted by atomic mass is 9.92. The second-order valence-electron chi connectivity index (χ2n) is 5.64. The number of nitrogens with one attached hydrogen (secondary N) is 1. The van der Waals surface area contributed by atoms with Crippen molar-refractivity contribution < 1.29 is 0 Å². The number of rotatable bonds is 4. The van der Waals surface area contributed by atoms with Gasteiger partial charge in [0, 0.05) is 11.4 Å². The van der Waals surface area contributed by atoms with Gasteiger partial charge in [-0.1, -0.05) is 6.42 Å². The number of hydrogen-bond acceptors (Lipinski definition) is 4. The van der Waals surface area contributed by atoms with Gasteiger partial charge in [-0.25, -0.2) is 4.98 Å². The molecule has 2 fully saturated rings. The highest BCUT2D eigenvalue weighted by molar-refractivity contribution is 7.07. The third-order valence-corrected chi connectivity index (χ3v) is 4.89. The van der Waals surface area contributed by atoms with Crippen LogP contribution >= 0.6 is 11.3 Å². The highest BCUT2D eigenvalue weighted by Gasteiger charge is 2.39. The van der Waals surface area contributed by atoms with Crippen molar-refractivity contribution in [3.8, 4) is 0 Å². The van der Waals surface area contributed by atoms with Crippen molar-refractivity contribution in [2.24, 2.45) is 5.92 Å². The van der Waals surface area contributed by atoms with Crippen molar-refractivity contribution in [3.63, 3.8) is 0 Å². The zero-order chi connectivity index (χ0) is 12.4. The highest BCUT2D eigenvalue weighted by Crippen LogP contribution is 2.41. The first-order chi connectivity index (χ1) is 8.90. The van der Waals surface area contributed by atoms with Crippen LogP contribution in [0.3, 0.4) is 0 Å². The normalized spacial score (nSPS) is 30.3. The maximum Gasteiger partial charge on any atom is 0.0795 e. The third-order valence-electron chi connectivity index (χ3n) is 4.28. The molecule has 2 unspecified atom stereocenters. The Balaban J connectivity index is 1.86. The van der Waals surface area contributed by atoms with Crippen LogP contribution in [0.2, 0.25) is 0 Å². The molecule has 3 nitrogen and oxygen atoms in total. The van der Waals surface area contributed by atoms with Gasteiger partial charge in [0.2, 0.25) is 0 Å². The molecule has 1 aromatic heterocycles. The van der Waals surface area contributed by atoms with Gasteiger partial charge < -0.3 is 5.32 Å². The van der Waals surface area contributed by atoms with Gasteiger partial charge >= 0.3 is 0 Å². The molecule has 0 spiro atoms. The molecule has 2 aliphatic rings. The van der Waals surface area contributed by atoms with E-state index in [4.69, 9.17) is 0 Å². The molecule has 0 aromatic carbocycles. The van der Waals surface area contributed by atoms with Gasteiger partial charge in [-0.3, -0.25) is 4.90 Å². The van der Waals surface area contributed by atoms with Crippen LogP contribution in [-0.2, 0) is 0 Å². The minimum absolute atomic E-state index is 0.554. The predicted octanol–water partition coefficient (Wildman–Crippen LogP) is 2.67. The van der Waals surface area contributed by atoms with E-state index in [9.17, 15) is 0 Å². The minimum Gasteiger partial charge on any atom is -0.319 e. The topological polar surface area (TPSA) is 28.2 Å². The minimum atomic E-state index is 0.554. The Morgan fingerprint density at radius 2 is 2.28 bits per heavy atom. The Morgan fingerprint density at radius 1 is 1.39 bits per heavy atom. The lowest BCUT2D eigenvalue weighted by molar-refractivity contribution is 0.142. The molecule has 0 bridgehead atoms. The van der Waals surface area contributed by atoms with Crippen molar-refractivity contribution in [3.05, 3.63) is 16.6 Å². The molecule has 4 heteroatoms. The lowest BCUT2D eigenvalue weighted by Crippen LogP contribution is -2.38. The maximum atomic E-state index is 4.62. The summed E-state index contributed by atoms with van der Waals surface area (Å²) in [6.07, 6.45) is 6.86. The van der Waals surface area contributed by atoms with E-state index in [-0.39, 0.29) is 0 Å². The summed E-state index contributed by atoms with van der Waals surface area (Å²) in [7, 11) is 2.07. The largest absolute Gasteiger partial charge is 0.319 e. The fraction of sp³-hybridized carbons (Fsp3) is 0.786. The fourth-order valence-corrected chi connectivity index (χ4v) is 3.92. The van der Waals surface area contributed by atoms with E-state index in [1.54, 1.807) is 11.3 Å². The summed E-state index contributed by atoms with van der Waals surface area (Å²) in [5.41, 5.74) is 3.30. The monoisotopic (exact) mass is 265 g/mol. The van der Waals surface area contributed by atoms with E-state index in [1.807, 2.05) is 5.51 Å². The zero-order valence-corrected chi connectivity index (χ0v) is 12.0. The Bertz CT molecular complexity index is 361. The van der Waals surface area contributed by atoms with E-state index in [0.29, 0.717) is 6.04 Å². The summed E-state index contributed by atoms with van der Waals surface area (Å²) in [6, 6.07) is 1.40. The second-order valence-corrected chi connectivity index (χ2v) is 6.36. The lowest BCUT2D eigenvalue weighted by Gasteiger charge is -2.34. The summed E-state index contributed by atoms with van der Waals surface area (Å²) in [5, 5.41) is 5.64. The van der Waals surface area contributed by atoms with Crippen LogP contribution in [-0.4, -0.2) is 36.1 Å². The van der Waals surface area contributed by atoms with E-state index in [0.717, 1.165) is 18.5 Å². The molecule has 2 atom stereocenters. The van der Waals surface area contributed by atoms with Gasteiger partial charge in [0.1, 0.15) is 0 Å². The van der Waals surface area contributed by atoms with Crippen molar-refractivity contribution in [1.29, 1.82) is 0 Å². The molecule has 1 saturated heterocycles. The van der Waals surface area contributed by atoms with Crippen LogP contribution in [0.1, 0.15) is 43.8 Å². The number of hydrogen-bond donors (Lipinski definition) is 1. The maximum absolute atomic E-state index is 4.62. The van der Waals surface area contributed by atoms with E-state index in [1.165, 1.54) is 44.3 Å². The van der Waals surface area contributed by atoms with Crippen molar-refractivity contribution in [2.75, 3.05) is 20.1 Å². The average molecular weight is 265 g/mol. The molecule has 0 radical (unpaired) electrons. The summed E-state index contributed by atoms with van der Waals surface area (Å²) < 4.78 is 0. The first-order valence-corrected chi connectivity index (χ1v) is 8.13. The van der Waals surface area contributed by atoms with E-state index >= 15 is 0 Å². The van der Waals surface area contributed by atoms with E-state index in [2.05, 4.69) is 27.6 Å². The molecule has 1 aliphatic heterocycles. The molecule has 1 N–H and O–H groups in total. The standard InChI is InChI=1S/C14H23N3S/c1-15-8-11-4-2-3-7-17(12-5-6-12)14(11)13-9-18-10-16-13/h9-12,14-15H,2-8H2,1H3. The SMILES string of the molecule is CNCC1CCCCN(C2CC2)C1c1cscn1. The fourth-order valence-electron chi connectivity index (χ4n) is 3.34. The molecule has 1 aliphatic carbocycles. The first-order valence-electron chi connectivity index (χ1n) is 7.18. The number of aromatic nitrogens is 1. The summed E-state index contributed by atoms with van der Waals surface area (Å²) in [5.74, 6) is 0.722. The Labute approximate surface area is 114 Å². The van der Waals surface area contributed by atoms with Crippen LogP contribution in [0.5, 0.6) is 0 Å². The average Bonchev–Trinajstić information content (AvgIpc) is 3.12. The summed E-state index contributed by atoms with van der Waals surface area (Å²) >= 11 is 1.74. The Hall–Kier alpha value is -0.450. The van der Waals surface area contributed by atoms with Crippen molar-refractivity contribution in [2.45, 2.75) is 44.2 Å². The molecule has 1 aromatic rings. The Morgan fingerprint density at radius 3 is 2.94 bits per heavy atom. The molecule has 1 saturated carbocycles. The molecular formula is C14H23N3S. The van der Waals surface area contributed by atoms with Gasteiger partial charge in [0.15, 0.2) is 0 Å². The predicted molar refractivity (Wildman–Crippen MR) is 75.9 cm³/mol. The quantitative estimate of drug-likeness (QED) is 0.907. The van der Waals surface area contributed by atoms with Crippen LogP contribution in [0.25, 0.3) is 0 Å². The molecule has 2 heterocycles. The van der Waals surface area contributed by atoms with Gasteiger partial charge in [-0.05, 0) is 51.7 Å². The van der Waals surface area contributed by atoms with Crippen molar-refractivity contribution >= 4 is 11.3 Å². The van der Waals surface area contributed by atoms with Gasteiger partial charge in [-0.2, -0.15) is 0 Å². The van der Waals surface area contributed by atoms with Gasteiger partial charge in [0.05, 0.1) is 17.2 Å². The second kappa shape index (κ2) is 5.68. The van der Waals surface area contributed by atoms with Crippen LogP contribution in [0.4, 0.5) is 0 Å². The molecule has 3 rings (SSSR count). The van der Waals surface area contributed by atoms with Crippen LogP contribution < -0.4 is 5.32 Å². The smallest absolute Gasteiger partial charge is 0.0795 e. The molecule has 18 heavy (non-hydrogen) atoms. The van der Waals surface area contributed by atoms with Gasteiger partial charge in [-0.15, -0.1) is 11.3 Å². The number of nitrogens with zero attached hydrogens (tertiary/aromatic N) is 2. The summed E-state index contributed by atoms with van der Waals surface area (Å²) in [4.78, 5) is 7.38. The molecule has 100 valence electrons. The number of thiazole rings is 1.